The summed E-state index contributed by atoms with van der Waals surface area (Å²) in [6.07, 6.45) is 0. The first-order chi connectivity index (χ1) is 37.8. The van der Waals surface area contributed by atoms with E-state index in [0.29, 0.717) is 0 Å². The highest BCUT2D eigenvalue weighted by atomic mass is 15.2. The molecule has 3 aliphatic rings. The van der Waals surface area contributed by atoms with Crippen LogP contribution in [0.4, 0.5) is 17.1 Å². The summed E-state index contributed by atoms with van der Waals surface area (Å²) in [4.78, 5) is 2.71. The van der Waals surface area contributed by atoms with Gasteiger partial charge in [-0.25, -0.2) is 0 Å². The fourth-order valence-electron chi connectivity index (χ4n) is 14.4. The zero-order valence-corrected chi connectivity index (χ0v) is 41.9. The van der Waals surface area contributed by atoms with Crippen molar-refractivity contribution in [2.75, 3.05) is 4.90 Å². The molecule has 1 nitrogen and oxygen atoms in total. The molecule has 0 aliphatic heterocycles. The third kappa shape index (κ3) is 5.91. The highest BCUT2D eigenvalue weighted by molar-refractivity contribution is 6.03. The summed E-state index contributed by atoms with van der Waals surface area (Å²) in [7, 11) is 0. The van der Waals surface area contributed by atoms with E-state index < -0.39 is 16.2 Å². The number of anilines is 3. The van der Waals surface area contributed by atoms with Crippen LogP contribution >= 0.6 is 0 Å². The van der Waals surface area contributed by atoms with Crippen LogP contribution in [-0.2, 0) is 16.2 Å². The minimum atomic E-state index is -0.701. The maximum atomic E-state index is 2.71. The highest BCUT2D eigenvalue weighted by Crippen LogP contribution is 2.66. The van der Waals surface area contributed by atoms with Gasteiger partial charge >= 0.3 is 0 Å². The lowest BCUT2D eigenvalue weighted by molar-refractivity contribution is 0.760. The molecule has 0 atom stereocenters. The van der Waals surface area contributed by atoms with Crippen molar-refractivity contribution < 1.29 is 0 Å². The molecule has 15 rings (SSSR count). The number of benzene rings is 12. The lowest BCUT2D eigenvalue weighted by Crippen LogP contribution is -2.32. The molecule has 76 heavy (non-hydrogen) atoms. The predicted molar refractivity (Wildman–Crippen MR) is 313 cm³/mol. The Hall–Kier alpha value is -9.56. The molecule has 0 N–H and O–H groups in total. The first-order valence-electron chi connectivity index (χ1n) is 26.6. The summed E-state index contributed by atoms with van der Waals surface area (Å²) < 4.78 is 0. The van der Waals surface area contributed by atoms with Gasteiger partial charge < -0.3 is 4.90 Å². The van der Waals surface area contributed by atoms with Crippen molar-refractivity contribution in [2.45, 2.75) is 16.2 Å². The standard InChI is InChI=1S/C75H51N/c1-7-28-52(29-8-1)73(53-30-9-2-10-31-53)65-47-24-21-42-62(65)70-66(73)48-27-49-67(70)76(68-50-25-43-60-58-40-19-22-45-63(58)74(71(60)68,54-32-11-3-12-33-54)55-34-13-4-14-35-55)69-51-26-44-61-59-41-20-23-46-64(59)75(72(61)69,56-36-15-5-16-37-56)57-38-17-6-18-39-57/h1-51H. The molecule has 12 aromatic carbocycles. The van der Waals surface area contributed by atoms with Crippen LogP contribution in [0.2, 0.25) is 0 Å². The normalized spacial score (nSPS) is 14.4. The van der Waals surface area contributed by atoms with Crippen LogP contribution in [0, 0.1) is 0 Å². The van der Waals surface area contributed by atoms with Crippen LogP contribution in [0.5, 0.6) is 0 Å². The molecule has 0 unspecified atom stereocenters. The molecule has 0 heterocycles. The minimum absolute atomic E-state index is 0.616. The van der Waals surface area contributed by atoms with Gasteiger partial charge in [0.1, 0.15) is 0 Å². The van der Waals surface area contributed by atoms with Crippen molar-refractivity contribution >= 4 is 17.1 Å². The number of fused-ring (bicyclic) bond motifs is 9. The average molecular weight is 966 g/mol. The van der Waals surface area contributed by atoms with Gasteiger partial charge in [0.2, 0.25) is 0 Å². The van der Waals surface area contributed by atoms with Gasteiger partial charge in [-0.1, -0.05) is 291 Å². The van der Waals surface area contributed by atoms with Crippen LogP contribution in [-0.4, -0.2) is 0 Å². The second kappa shape index (κ2) is 17.3. The maximum Gasteiger partial charge on any atom is 0.0734 e. The average Bonchev–Trinajstić information content (AvgIpc) is 4.26. The summed E-state index contributed by atoms with van der Waals surface area (Å²) >= 11 is 0. The van der Waals surface area contributed by atoms with Gasteiger partial charge in [-0.2, -0.15) is 0 Å². The largest absolute Gasteiger partial charge is 0.309 e. The molecule has 3 aliphatic carbocycles. The molecule has 0 saturated carbocycles. The van der Waals surface area contributed by atoms with Crippen molar-refractivity contribution in [3.63, 3.8) is 0 Å². The Morgan fingerprint density at radius 1 is 0.184 bits per heavy atom. The van der Waals surface area contributed by atoms with Gasteiger partial charge in [0.25, 0.3) is 0 Å². The SMILES string of the molecule is c1ccc(C2(c3ccccc3)c3ccccc3-c3c(N(c4cccc5c4C(c4ccccc4)(c4ccccc4)c4ccccc4-5)c4cccc5c4C(c4ccccc4)(c4ccccc4)c4ccccc4-5)cccc32)cc1. The predicted octanol–water partition coefficient (Wildman–Crippen LogP) is 18.2. The summed E-state index contributed by atoms with van der Waals surface area (Å²) in [6, 6.07) is 116. The topological polar surface area (TPSA) is 3.24 Å². The van der Waals surface area contributed by atoms with Gasteiger partial charge in [0.15, 0.2) is 0 Å². The molecule has 0 radical (unpaired) electrons. The van der Waals surface area contributed by atoms with Gasteiger partial charge in [-0.15, -0.1) is 0 Å². The molecule has 0 amide bonds. The Balaban J connectivity index is 1.15. The van der Waals surface area contributed by atoms with E-state index >= 15 is 0 Å². The Morgan fingerprint density at radius 2 is 0.447 bits per heavy atom. The van der Waals surface area contributed by atoms with E-state index in [0.717, 1.165) is 17.1 Å². The molecule has 356 valence electrons. The first-order valence-corrected chi connectivity index (χ1v) is 26.6. The van der Waals surface area contributed by atoms with Crippen molar-refractivity contribution in [3.8, 4) is 33.4 Å². The van der Waals surface area contributed by atoms with Crippen LogP contribution in [0.1, 0.15) is 66.8 Å². The Morgan fingerprint density at radius 3 is 0.829 bits per heavy atom. The smallest absolute Gasteiger partial charge is 0.0734 e. The molecule has 0 spiro atoms. The second-order valence-electron chi connectivity index (χ2n) is 20.5. The number of nitrogens with zero attached hydrogens (tertiary/aromatic N) is 1. The quantitative estimate of drug-likeness (QED) is 0.139. The van der Waals surface area contributed by atoms with E-state index in [1.165, 1.54) is 100 Å². The van der Waals surface area contributed by atoms with Gasteiger partial charge in [0, 0.05) is 16.7 Å². The van der Waals surface area contributed by atoms with Crippen molar-refractivity contribution in [1.82, 2.24) is 0 Å². The lowest BCUT2D eigenvalue weighted by Gasteiger charge is -2.41. The molecule has 1 heteroatoms. The summed E-state index contributed by atoms with van der Waals surface area (Å²) in [6.45, 7) is 0. The molecule has 0 saturated heterocycles. The molecule has 0 fully saturated rings. The second-order valence-corrected chi connectivity index (χ2v) is 20.5. The monoisotopic (exact) mass is 965 g/mol. The van der Waals surface area contributed by atoms with Crippen LogP contribution in [0.3, 0.4) is 0 Å². The molecular weight excluding hydrogens is 915 g/mol. The number of hydrogen-bond donors (Lipinski definition) is 0. The first kappa shape index (κ1) is 44.0. The number of hydrogen-bond acceptors (Lipinski definition) is 1. The maximum absolute atomic E-state index is 2.71. The van der Waals surface area contributed by atoms with E-state index in [-0.39, 0.29) is 0 Å². The highest BCUT2D eigenvalue weighted by Gasteiger charge is 2.53. The van der Waals surface area contributed by atoms with E-state index in [1.807, 2.05) is 0 Å². The minimum Gasteiger partial charge on any atom is -0.309 e. The van der Waals surface area contributed by atoms with Crippen molar-refractivity contribution in [2.24, 2.45) is 0 Å². The summed E-state index contributed by atoms with van der Waals surface area (Å²) in [5.41, 5.74) is 23.8. The van der Waals surface area contributed by atoms with E-state index in [9.17, 15) is 0 Å². The zero-order chi connectivity index (χ0) is 50.3. The fraction of sp³-hybridized carbons (Fsp3) is 0.0400. The van der Waals surface area contributed by atoms with Gasteiger partial charge in [-0.05, 0) is 102 Å². The van der Waals surface area contributed by atoms with Crippen LogP contribution in [0.25, 0.3) is 33.4 Å². The summed E-state index contributed by atoms with van der Waals surface area (Å²) in [5.74, 6) is 0. The van der Waals surface area contributed by atoms with Gasteiger partial charge in [0.05, 0.1) is 33.3 Å². The van der Waals surface area contributed by atoms with Gasteiger partial charge in [-0.3, -0.25) is 0 Å². The van der Waals surface area contributed by atoms with Crippen molar-refractivity contribution in [1.29, 1.82) is 0 Å². The molecule has 12 aromatic rings. The van der Waals surface area contributed by atoms with Crippen molar-refractivity contribution in [3.05, 3.63) is 376 Å². The Labute approximate surface area is 445 Å². The van der Waals surface area contributed by atoms with E-state index in [1.54, 1.807) is 0 Å². The van der Waals surface area contributed by atoms with Crippen LogP contribution < -0.4 is 4.90 Å². The summed E-state index contributed by atoms with van der Waals surface area (Å²) in [5, 5.41) is 0. The number of rotatable bonds is 9. The van der Waals surface area contributed by atoms with E-state index in [2.05, 4.69) is 314 Å². The van der Waals surface area contributed by atoms with E-state index in [4.69, 9.17) is 0 Å². The fourth-order valence-corrected chi connectivity index (χ4v) is 14.4. The molecule has 0 aromatic heterocycles. The lowest BCUT2D eigenvalue weighted by atomic mass is 9.66. The molecular formula is C75H51N. The Bertz CT molecular complexity index is 3850. The third-order valence-electron chi connectivity index (χ3n) is 17.1. The van der Waals surface area contributed by atoms with Crippen LogP contribution in [0.15, 0.2) is 309 Å². The molecule has 0 bridgehead atoms. The third-order valence-corrected chi connectivity index (χ3v) is 17.1. The Kier molecular flexibility index (Phi) is 9.99. The zero-order valence-electron chi connectivity index (χ0n) is 41.9.